The Balaban J connectivity index is 3.38. The second-order valence-corrected chi connectivity index (χ2v) is 2.58. The maximum absolute atomic E-state index is 12.3. The molecule has 0 aromatic carbocycles. The lowest BCUT2D eigenvalue weighted by Gasteiger charge is -2.04. The Bertz CT molecular complexity index is 397. The molecule has 0 saturated heterocycles. The summed E-state index contributed by atoms with van der Waals surface area (Å²) in [5.74, 6) is -1.76. The van der Waals surface area contributed by atoms with E-state index in [0.29, 0.717) is 6.07 Å². The fourth-order valence-electron chi connectivity index (χ4n) is 0.968. The molecular weight excluding hydrogens is 214 g/mol. The molecule has 0 aliphatic rings. The van der Waals surface area contributed by atoms with Crippen molar-refractivity contribution >= 4 is 5.82 Å². The largest absolute Gasteiger partial charge is 0.504 e. The molecule has 1 heterocycles. The predicted molar refractivity (Wildman–Crippen MR) is 43.4 cm³/mol. The van der Waals surface area contributed by atoms with Crippen LogP contribution in [-0.4, -0.2) is 20.1 Å². The van der Waals surface area contributed by atoms with Crippen molar-refractivity contribution in [2.75, 3.05) is 0 Å². The summed E-state index contributed by atoms with van der Waals surface area (Å²) in [6, 6.07) is 0.471. The number of nitrogens with zero attached hydrogens (tertiary/aromatic N) is 2. The third kappa shape index (κ3) is 2.15. The first kappa shape index (κ1) is 11.2. The van der Waals surface area contributed by atoms with Crippen molar-refractivity contribution in [2.45, 2.75) is 13.0 Å². The van der Waals surface area contributed by atoms with E-state index in [-0.39, 0.29) is 0 Å². The summed E-state index contributed by atoms with van der Waals surface area (Å²) in [6.07, 6.45) is -3.07. The van der Waals surface area contributed by atoms with Gasteiger partial charge in [0.2, 0.25) is 5.69 Å². The van der Waals surface area contributed by atoms with Crippen LogP contribution in [0.3, 0.4) is 0 Å². The lowest BCUT2D eigenvalue weighted by atomic mass is 10.2. The molecule has 0 aliphatic heterocycles. The summed E-state index contributed by atoms with van der Waals surface area (Å²) in [5.41, 5.74) is -1.46. The van der Waals surface area contributed by atoms with Crippen LogP contribution in [0.2, 0.25) is 0 Å². The zero-order chi connectivity index (χ0) is 11.6. The van der Waals surface area contributed by atoms with Crippen molar-refractivity contribution in [3.05, 3.63) is 27.4 Å². The molecule has 2 N–H and O–H groups in total. The number of rotatable bonds is 3. The van der Waals surface area contributed by atoms with Crippen LogP contribution in [0.25, 0.3) is 0 Å². The molecule has 0 aliphatic carbocycles. The maximum Gasteiger partial charge on any atom is 0.364 e. The molecule has 0 saturated carbocycles. The van der Waals surface area contributed by atoms with Crippen LogP contribution in [0.1, 0.15) is 17.7 Å². The Hall–Kier alpha value is -1.83. The number of nitro groups is 1. The third-order valence-corrected chi connectivity index (χ3v) is 1.65. The zero-order valence-corrected chi connectivity index (χ0v) is 7.22. The molecule has 0 amide bonds. The van der Waals surface area contributed by atoms with Crippen molar-refractivity contribution < 1.29 is 23.9 Å². The van der Waals surface area contributed by atoms with E-state index in [1.54, 1.807) is 0 Å². The molecule has 0 spiro atoms. The van der Waals surface area contributed by atoms with E-state index in [1.165, 1.54) is 0 Å². The van der Waals surface area contributed by atoms with Crippen molar-refractivity contribution in [1.29, 1.82) is 0 Å². The van der Waals surface area contributed by atoms with Gasteiger partial charge in [-0.25, -0.2) is 8.78 Å². The first-order valence-electron chi connectivity index (χ1n) is 3.73. The van der Waals surface area contributed by atoms with Gasteiger partial charge in [0.15, 0.2) is 5.75 Å². The molecule has 8 heteroatoms. The smallest absolute Gasteiger partial charge is 0.364 e. The van der Waals surface area contributed by atoms with Gasteiger partial charge in [-0.2, -0.15) is 0 Å². The fourth-order valence-corrected chi connectivity index (χ4v) is 0.968. The number of hydrogen-bond acceptors (Lipinski definition) is 5. The van der Waals surface area contributed by atoms with Gasteiger partial charge in [-0.1, -0.05) is 0 Å². The van der Waals surface area contributed by atoms with Crippen LogP contribution < -0.4 is 0 Å². The average Bonchev–Trinajstić information content (AvgIpc) is 2.17. The van der Waals surface area contributed by atoms with Gasteiger partial charge in [0.1, 0.15) is 6.61 Å². The Morgan fingerprint density at radius 3 is 2.60 bits per heavy atom. The van der Waals surface area contributed by atoms with Crippen LogP contribution in [0.5, 0.6) is 5.75 Å². The van der Waals surface area contributed by atoms with Crippen LogP contribution in [0.15, 0.2) is 6.07 Å². The summed E-state index contributed by atoms with van der Waals surface area (Å²) >= 11 is 0. The van der Waals surface area contributed by atoms with E-state index in [4.69, 9.17) is 10.2 Å². The molecule has 82 valence electrons. The van der Waals surface area contributed by atoms with Crippen molar-refractivity contribution in [3.8, 4) is 5.75 Å². The number of aromatic nitrogens is 1. The predicted octanol–water partition coefficient (Wildman–Crippen LogP) is 1.13. The average molecular weight is 220 g/mol. The van der Waals surface area contributed by atoms with E-state index in [1.807, 2.05) is 0 Å². The van der Waals surface area contributed by atoms with Gasteiger partial charge in [-0.15, -0.1) is 0 Å². The minimum Gasteiger partial charge on any atom is -0.504 e. The SMILES string of the molecule is O=[N+]([O-])c1cc(C(F)F)c(O)c(CO)n1. The van der Waals surface area contributed by atoms with Crippen LogP contribution in [0.4, 0.5) is 14.6 Å². The van der Waals surface area contributed by atoms with E-state index >= 15 is 0 Å². The topological polar surface area (TPSA) is 96.5 Å². The highest BCUT2D eigenvalue weighted by Crippen LogP contribution is 2.32. The monoisotopic (exact) mass is 220 g/mol. The van der Waals surface area contributed by atoms with Crippen molar-refractivity contribution in [1.82, 2.24) is 4.98 Å². The Morgan fingerprint density at radius 1 is 1.60 bits per heavy atom. The highest BCUT2D eigenvalue weighted by Gasteiger charge is 2.24. The number of aliphatic hydroxyl groups is 1. The number of halogens is 2. The lowest BCUT2D eigenvalue weighted by molar-refractivity contribution is -0.389. The Kier molecular flexibility index (Phi) is 3.10. The van der Waals surface area contributed by atoms with Gasteiger partial charge >= 0.3 is 5.82 Å². The summed E-state index contributed by atoms with van der Waals surface area (Å²) < 4.78 is 24.6. The first-order chi connectivity index (χ1) is 6.97. The van der Waals surface area contributed by atoms with Crippen LogP contribution in [-0.2, 0) is 6.61 Å². The summed E-state index contributed by atoms with van der Waals surface area (Å²) in [5, 5.41) is 28.1. The first-order valence-corrected chi connectivity index (χ1v) is 3.73. The van der Waals surface area contributed by atoms with Crippen LogP contribution in [0, 0.1) is 10.1 Å². The number of aliphatic hydroxyl groups excluding tert-OH is 1. The van der Waals surface area contributed by atoms with E-state index in [0.717, 1.165) is 0 Å². The van der Waals surface area contributed by atoms with Gasteiger partial charge in [0, 0.05) is 6.07 Å². The normalized spacial score (nSPS) is 10.7. The standard InChI is InChI=1S/C7H6F2N2O4/c8-7(9)3-1-5(11(14)15)10-4(2-12)6(3)13/h1,7,12-13H,2H2. The number of hydrogen-bond donors (Lipinski definition) is 2. The van der Waals surface area contributed by atoms with Gasteiger partial charge in [-0.05, 0) is 9.91 Å². The zero-order valence-electron chi connectivity index (χ0n) is 7.22. The molecule has 0 atom stereocenters. The highest BCUT2D eigenvalue weighted by molar-refractivity contribution is 5.42. The molecule has 0 bridgehead atoms. The van der Waals surface area contributed by atoms with Gasteiger partial charge < -0.3 is 20.3 Å². The van der Waals surface area contributed by atoms with E-state index < -0.39 is 40.8 Å². The molecule has 0 fully saturated rings. The van der Waals surface area contributed by atoms with E-state index in [2.05, 4.69) is 4.98 Å². The highest BCUT2D eigenvalue weighted by atomic mass is 19.3. The molecule has 1 aromatic heterocycles. The Morgan fingerprint density at radius 2 is 2.20 bits per heavy atom. The Labute approximate surface area is 82.0 Å². The molecule has 1 aromatic rings. The summed E-state index contributed by atoms with van der Waals surface area (Å²) in [6.45, 7) is -0.854. The molecular formula is C7H6F2N2O4. The maximum atomic E-state index is 12.3. The van der Waals surface area contributed by atoms with Gasteiger partial charge in [0.05, 0.1) is 5.56 Å². The second-order valence-electron chi connectivity index (χ2n) is 2.58. The quantitative estimate of drug-likeness (QED) is 0.587. The lowest BCUT2D eigenvalue weighted by Crippen LogP contribution is -2.00. The van der Waals surface area contributed by atoms with E-state index in [9.17, 15) is 18.9 Å². The molecule has 15 heavy (non-hydrogen) atoms. The molecule has 1 rings (SSSR count). The van der Waals surface area contributed by atoms with Crippen LogP contribution >= 0.6 is 0 Å². The number of aromatic hydroxyl groups is 1. The molecule has 0 unspecified atom stereocenters. The van der Waals surface area contributed by atoms with Crippen molar-refractivity contribution in [2.24, 2.45) is 0 Å². The molecule has 0 radical (unpaired) electrons. The minimum absolute atomic E-state index is 0.471. The fraction of sp³-hybridized carbons (Fsp3) is 0.286. The van der Waals surface area contributed by atoms with Crippen molar-refractivity contribution in [3.63, 3.8) is 0 Å². The number of pyridine rings is 1. The van der Waals surface area contributed by atoms with Gasteiger partial charge in [-0.3, -0.25) is 0 Å². The minimum atomic E-state index is -3.07. The summed E-state index contributed by atoms with van der Waals surface area (Å²) in [7, 11) is 0. The second kappa shape index (κ2) is 4.13. The molecule has 6 nitrogen and oxygen atoms in total. The van der Waals surface area contributed by atoms with Gasteiger partial charge in [0.25, 0.3) is 6.43 Å². The number of alkyl halides is 2. The summed E-state index contributed by atoms with van der Waals surface area (Å²) in [4.78, 5) is 12.5. The third-order valence-electron chi connectivity index (χ3n) is 1.65.